The van der Waals surface area contributed by atoms with Crippen LogP contribution in [0.15, 0.2) is 0 Å². The number of halogens is 3. The molecule has 1 fully saturated rings. The lowest BCUT2D eigenvalue weighted by atomic mass is 10.1. The highest BCUT2D eigenvalue weighted by Crippen LogP contribution is 2.38. The molecule has 5 heteroatoms. The first-order valence-electron chi connectivity index (χ1n) is 5.33. The van der Waals surface area contributed by atoms with E-state index in [1.165, 1.54) is 0 Å². The average Bonchev–Trinajstić information content (AvgIpc) is 2.77. The molecule has 0 aromatic heterocycles. The summed E-state index contributed by atoms with van der Waals surface area (Å²) in [6.07, 6.45) is -1.74. The Morgan fingerprint density at radius 2 is 1.53 bits per heavy atom. The Morgan fingerprint density at radius 1 is 1.13 bits per heavy atom. The van der Waals surface area contributed by atoms with Crippen LogP contribution in [-0.4, -0.2) is 29.1 Å². The summed E-state index contributed by atoms with van der Waals surface area (Å²) in [5, 5.41) is 0. The van der Waals surface area contributed by atoms with Gasteiger partial charge in [0.2, 0.25) is 0 Å². The zero-order chi connectivity index (χ0) is 11.6. The molecule has 1 aliphatic rings. The van der Waals surface area contributed by atoms with Gasteiger partial charge in [-0.3, -0.25) is 4.79 Å². The molecule has 0 aliphatic carbocycles. The van der Waals surface area contributed by atoms with Crippen LogP contribution in [0.25, 0.3) is 0 Å². The van der Waals surface area contributed by atoms with Gasteiger partial charge in [0.05, 0.1) is 12.1 Å². The highest BCUT2D eigenvalue weighted by Gasteiger charge is 2.57. The Balaban J connectivity index is 2.58. The van der Waals surface area contributed by atoms with Gasteiger partial charge in [0.15, 0.2) is 0 Å². The minimum absolute atomic E-state index is 0.177. The third-order valence-corrected chi connectivity index (χ3v) is 2.71. The maximum Gasteiger partial charge on any atom is 0.471 e. The van der Waals surface area contributed by atoms with Gasteiger partial charge >= 0.3 is 12.1 Å². The van der Waals surface area contributed by atoms with Crippen molar-refractivity contribution < 1.29 is 18.0 Å². The minimum Gasteiger partial charge on any atom is -0.325 e. The van der Waals surface area contributed by atoms with E-state index >= 15 is 0 Å². The summed E-state index contributed by atoms with van der Waals surface area (Å²) < 4.78 is 36.5. The van der Waals surface area contributed by atoms with Crippen molar-refractivity contribution in [2.45, 2.75) is 57.8 Å². The van der Waals surface area contributed by atoms with Crippen LogP contribution in [-0.2, 0) is 4.79 Å². The lowest BCUT2D eigenvalue weighted by molar-refractivity contribution is -0.180. The molecule has 0 aromatic rings. The maximum atomic E-state index is 12.2. The molecule has 15 heavy (non-hydrogen) atoms. The van der Waals surface area contributed by atoms with Crippen LogP contribution in [0, 0.1) is 0 Å². The molecule has 2 nitrogen and oxygen atoms in total. The second kappa shape index (κ2) is 4.41. The van der Waals surface area contributed by atoms with E-state index in [2.05, 4.69) is 0 Å². The number of amides is 1. The van der Waals surface area contributed by atoms with Gasteiger partial charge in [-0.15, -0.1) is 0 Å². The van der Waals surface area contributed by atoms with E-state index in [-0.39, 0.29) is 12.1 Å². The fraction of sp³-hybridized carbons (Fsp3) is 0.900. The van der Waals surface area contributed by atoms with Crippen LogP contribution in [0.5, 0.6) is 0 Å². The summed E-state index contributed by atoms with van der Waals surface area (Å²) >= 11 is 0. The normalized spacial score (nSPS) is 25.5. The summed E-state index contributed by atoms with van der Waals surface area (Å²) in [5.74, 6) is -1.67. The fourth-order valence-corrected chi connectivity index (χ4v) is 2.04. The average molecular weight is 223 g/mol. The third-order valence-electron chi connectivity index (χ3n) is 2.71. The van der Waals surface area contributed by atoms with Crippen molar-refractivity contribution >= 4 is 5.91 Å². The molecule has 1 amide bonds. The lowest BCUT2D eigenvalue weighted by Gasteiger charge is -2.07. The van der Waals surface area contributed by atoms with Crippen LogP contribution in [0.3, 0.4) is 0 Å². The summed E-state index contributed by atoms with van der Waals surface area (Å²) in [5.41, 5.74) is 0. The largest absolute Gasteiger partial charge is 0.471 e. The van der Waals surface area contributed by atoms with Crippen molar-refractivity contribution in [3.8, 4) is 0 Å². The SMILES string of the molecule is CCC[C@@H]1[C@H](CCC)N1C(=O)C(F)(F)F. The van der Waals surface area contributed by atoms with E-state index < -0.39 is 12.1 Å². The highest BCUT2D eigenvalue weighted by atomic mass is 19.4. The number of nitrogens with zero attached hydrogens (tertiary/aromatic N) is 1. The van der Waals surface area contributed by atoms with Crippen molar-refractivity contribution in [1.29, 1.82) is 0 Å². The van der Waals surface area contributed by atoms with Gasteiger partial charge in [0.25, 0.3) is 0 Å². The van der Waals surface area contributed by atoms with Gasteiger partial charge in [-0.25, -0.2) is 0 Å². The molecule has 0 N–H and O–H groups in total. The number of alkyl halides is 3. The molecule has 88 valence electrons. The Bertz CT molecular complexity index is 227. The van der Waals surface area contributed by atoms with E-state index in [4.69, 9.17) is 0 Å². The zero-order valence-electron chi connectivity index (χ0n) is 8.97. The van der Waals surface area contributed by atoms with Crippen LogP contribution in [0.1, 0.15) is 39.5 Å². The first kappa shape index (κ1) is 12.3. The quantitative estimate of drug-likeness (QED) is 0.671. The number of carbonyl (C=O) groups excluding carboxylic acids is 1. The van der Waals surface area contributed by atoms with E-state index in [0.29, 0.717) is 12.8 Å². The zero-order valence-corrected chi connectivity index (χ0v) is 8.97. The van der Waals surface area contributed by atoms with Crippen LogP contribution in [0.2, 0.25) is 0 Å². The monoisotopic (exact) mass is 223 g/mol. The first-order chi connectivity index (χ1) is 6.93. The molecular weight excluding hydrogens is 207 g/mol. The predicted octanol–water partition coefficient (Wildman–Crippen LogP) is 2.73. The molecule has 0 bridgehead atoms. The number of carbonyl (C=O) groups is 1. The van der Waals surface area contributed by atoms with E-state index in [0.717, 1.165) is 17.7 Å². The maximum absolute atomic E-state index is 12.2. The molecule has 0 aromatic carbocycles. The Morgan fingerprint density at radius 3 is 1.80 bits per heavy atom. The Labute approximate surface area is 87.4 Å². The second-order valence-corrected chi connectivity index (χ2v) is 3.92. The van der Waals surface area contributed by atoms with Gasteiger partial charge in [-0.05, 0) is 12.8 Å². The minimum atomic E-state index is -4.71. The first-order valence-corrected chi connectivity index (χ1v) is 5.33. The molecule has 1 heterocycles. The molecule has 0 spiro atoms. The Hall–Kier alpha value is -0.740. The van der Waals surface area contributed by atoms with Gasteiger partial charge in [0, 0.05) is 0 Å². The summed E-state index contributed by atoms with van der Waals surface area (Å²) in [6.45, 7) is 3.83. The van der Waals surface area contributed by atoms with Gasteiger partial charge in [-0.1, -0.05) is 26.7 Å². The van der Waals surface area contributed by atoms with E-state index in [9.17, 15) is 18.0 Å². The molecule has 0 radical (unpaired) electrons. The molecular formula is C10H16F3NO. The number of rotatable bonds is 4. The van der Waals surface area contributed by atoms with Crippen molar-refractivity contribution in [3.05, 3.63) is 0 Å². The highest BCUT2D eigenvalue weighted by molar-refractivity contribution is 5.85. The Kier molecular flexibility index (Phi) is 3.62. The molecule has 1 saturated heterocycles. The van der Waals surface area contributed by atoms with Crippen LogP contribution >= 0.6 is 0 Å². The van der Waals surface area contributed by atoms with Crippen LogP contribution < -0.4 is 0 Å². The third kappa shape index (κ3) is 2.63. The van der Waals surface area contributed by atoms with Crippen LogP contribution in [0.4, 0.5) is 13.2 Å². The number of hydrogen-bond acceptors (Lipinski definition) is 1. The molecule has 1 rings (SSSR count). The van der Waals surface area contributed by atoms with Crippen molar-refractivity contribution in [2.24, 2.45) is 0 Å². The van der Waals surface area contributed by atoms with Gasteiger partial charge in [0.1, 0.15) is 0 Å². The summed E-state index contributed by atoms with van der Waals surface area (Å²) in [7, 11) is 0. The van der Waals surface area contributed by atoms with Crippen molar-refractivity contribution in [3.63, 3.8) is 0 Å². The molecule has 0 saturated carbocycles. The molecule has 2 atom stereocenters. The molecule has 0 unspecified atom stereocenters. The predicted molar refractivity (Wildman–Crippen MR) is 50.3 cm³/mol. The van der Waals surface area contributed by atoms with Crippen molar-refractivity contribution in [2.75, 3.05) is 0 Å². The molecule has 1 aliphatic heterocycles. The smallest absolute Gasteiger partial charge is 0.325 e. The fourth-order valence-electron chi connectivity index (χ4n) is 2.04. The van der Waals surface area contributed by atoms with Crippen molar-refractivity contribution in [1.82, 2.24) is 4.90 Å². The topological polar surface area (TPSA) is 20.1 Å². The summed E-state index contributed by atoms with van der Waals surface area (Å²) in [6, 6.07) is -0.354. The standard InChI is InChI=1S/C10H16F3NO/c1-3-5-7-8(6-4-2)14(7)9(15)10(11,12)13/h7-8H,3-6H2,1-2H3/t7-,8+,14?. The van der Waals surface area contributed by atoms with E-state index in [1.807, 2.05) is 13.8 Å². The second-order valence-electron chi connectivity index (χ2n) is 3.92. The van der Waals surface area contributed by atoms with E-state index in [1.54, 1.807) is 0 Å². The summed E-state index contributed by atoms with van der Waals surface area (Å²) in [4.78, 5) is 12.0. The lowest BCUT2D eigenvalue weighted by Crippen LogP contribution is -2.31. The van der Waals surface area contributed by atoms with Gasteiger partial charge < -0.3 is 4.90 Å². The number of hydrogen-bond donors (Lipinski definition) is 0. The van der Waals surface area contributed by atoms with Gasteiger partial charge in [-0.2, -0.15) is 13.2 Å².